The van der Waals surface area contributed by atoms with Crippen molar-refractivity contribution in [3.8, 4) is 11.4 Å². The van der Waals surface area contributed by atoms with Crippen molar-refractivity contribution in [3.05, 3.63) is 75.0 Å². The van der Waals surface area contributed by atoms with Crippen LogP contribution in [0.4, 0.5) is 11.5 Å². The molecule has 1 aliphatic rings. The molecule has 0 radical (unpaired) electrons. The Kier molecular flexibility index (Phi) is 5.08. The number of benzene rings is 2. The molecule has 10 heteroatoms. The lowest BCUT2D eigenvalue weighted by Crippen LogP contribution is -2.18. The normalized spacial score (nSPS) is 14.9. The van der Waals surface area contributed by atoms with Crippen LogP contribution in [0.15, 0.2) is 42.5 Å². The number of methoxy groups -OCH3 is 1. The zero-order valence-electron chi connectivity index (χ0n) is 16.2. The minimum atomic E-state index is -1.08. The molecule has 1 unspecified atom stereocenters. The second-order valence-electron chi connectivity index (χ2n) is 6.77. The number of hydrogen-bond donors (Lipinski definition) is 1. The number of nitro benzene ring substituents is 1. The van der Waals surface area contributed by atoms with Gasteiger partial charge in [-0.2, -0.15) is 5.10 Å². The molecule has 3 aromatic rings. The number of nitrogens with zero attached hydrogens (tertiary/aromatic N) is 3. The molecule has 0 fully saturated rings. The van der Waals surface area contributed by atoms with Crippen LogP contribution in [0.2, 0.25) is 0 Å². The third kappa shape index (κ3) is 3.45. The Bertz CT molecular complexity index is 1190. The monoisotopic (exact) mass is 426 g/mol. The molecule has 0 bridgehead atoms. The van der Waals surface area contributed by atoms with Crippen LogP contribution in [0.25, 0.3) is 5.69 Å². The van der Waals surface area contributed by atoms with Gasteiger partial charge in [0.2, 0.25) is 0 Å². The predicted octanol–water partition coefficient (Wildman–Crippen LogP) is 3.11. The van der Waals surface area contributed by atoms with Crippen molar-refractivity contribution in [2.24, 2.45) is 0 Å². The molecule has 1 aromatic heterocycles. The van der Waals surface area contributed by atoms with E-state index in [0.29, 0.717) is 34.3 Å². The van der Waals surface area contributed by atoms with Crippen molar-refractivity contribution >= 4 is 28.2 Å². The van der Waals surface area contributed by atoms with Gasteiger partial charge in [-0.25, -0.2) is 4.68 Å². The maximum Gasteiger partial charge on any atom is 0.273 e. The molecule has 0 aliphatic carbocycles. The van der Waals surface area contributed by atoms with E-state index < -0.39 is 21.6 Å². The van der Waals surface area contributed by atoms with Gasteiger partial charge in [0.15, 0.2) is 0 Å². The lowest BCUT2D eigenvalue weighted by Gasteiger charge is -2.12. The molecule has 154 valence electrons. The van der Waals surface area contributed by atoms with E-state index in [1.807, 2.05) is 0 Å². The number of nitro groups is 1. The summed E-state index contributed by atoms with van der Waals surface area (Å²) in [5, 5.41) is 18.6. The Balaban J connectivity index is 1.75. The molecule has 2 heterocycles. The summed E-state index contributed by atoms with van der Waals surface area (Å²) in [7, 11) is 0.491. The first kappa shape index (κ1) is 19.8. The lowest BCUT2D eigenvalue weighted by atomic mass is 10.1. The van der Waals surface area contributed by atoms with Crippen molar-refractivity contribution in [2.75, 3.05) is 12.4 Å². The third-order valence-electron chi connectivity index (χ3n) is 4.97. The molecular formula is C20H18N4O5S. The first-order valence-corrected chi connectivity index (χ1v) is 10.5. The van der Waals surface area contributed by atoms with Crippen molar-refractivity contribution in [3.63, 3.8) is 0 Å². The summed E-state index contributed by atoms with van der Waals surface area (Å²) in [5.74, 6) is 1.20. The largest absolute Gasteiger partial charge is 0.497 e. The van der Waals surface area contributed by atoms with Gasteiger partial charge in [0.1, 0.15) is 11.6 Å². The van der Waals surface area contributed by atoms with Crippen molar-refractivity contribution < 1.29 is 18.7 Å². The van der Waals surface area contributed by atoms with E-state index in [9.17, 15) is 19.1 Å². The van der Waals surface area contributed by atoms with Gasteiger partial charge < -0.3 is 10.1 Å². The van der Waals surface area contributed by atoms with Crippen molar-refractivity contribution in [1.29, 1.82) is 0 Å². The quantitative estimate of drug-likeness (QED) is 0.495. The minimum Gasteiger partial charge on any atom is -0.497 e. The Labute approximate surface area is 174 Å². The molecule has 2 aromatic carbocycles. The predicted molar refractivity (Wildman–Crippen MR) is 111 cm³/mol. The second kappa shape index (κ2) is 7.71. The molecule has 0 saturated heterocycles. The number of carbonyl (C=O) groups excluding carboxylic acids is 1. The summed E-state index contributed by atoms with van der Waals surface area (Å²) in [5.41, 5.74) is 2.41. The number of hydrogen-bond acceptors (Lipinski definition) is 6. The van der Waals surface area contributed by atoms with E-state index in [0.717, 1.165) is 0 Å². The summed E-state index contributed by atoms with van der Waals surface area (Å²) in [4.78, 5) is 23.7. The van der Waals surface area contributed by atoms with Crippen molar-refractivity contribution in [1.82, 2.24) is 9.78 Å². The number of rotatable bonds is 5. The van der Waals surface area contributed by atoms with Crippen LogP contribution < -0.4 is 10.1 Å². The van der Waals surface area contributed by atoms with Crippen LogP contribution in [-0.2, 0) is 22.3 Å². The first-order chi connectivity index (χ1) is 14.4. The summed E-state index contributed by atoms with van der Waals surface area (Å²) in [6.45, 7) is 1.54. The van der Waals surface area contributed by atoms with Gasteiger partial charge in [-0.1, -0.05) is 6.07 Å². The van der Waals surface area contributed by atoms with Crippen LogP contribution in [-0.4, -0.2) is 31.9 Å². The fraction of sp³-hybridized carbons (Fsp3) is 0.200. The third-order valence-corrected chi connectivity index (χ3v) is 6.17. The van der Waals surface area contributed by atoms with Crippen LogP contribution in [0.3, 0.4) is 0 Å². The number of carbonyl (C=O) groups is 1. The van der Waals surface area contributed by atoms with Crippen LogP contribution in [0.1, 0.15) is 27.2 Å². The molecule has 0 saturated carbocycles. The summed E-state index contributed by atoms with van der Waals surface area (Å²) >= 11 is 0. The standard InChI is InChI=1S/C20H18N4O5S/c1-12-15(4-3-5-18(12)24(26)27)20(25)21-19-16-10-30(28)11-17(16)22-23(19)13-6-8-14(29-2)9-7-13/h3-9H,10-11H2,1-2H3,(H,21,25). The maximum atomic E-state index is 13.0. The van der Waals surface area contributed by atoms with Crippen LogP contribution >= 0.6 is 0 Å². The van der Waals surface area contributed by atoms with E-state index >= 15 is 0 Å². The minimum absolute atomic E-state index is 0.127. The molecule has 1 aliphatic heterocycles. The molecule has 1 N–H and O–H groups in total. The zero-order chi connectivity index (χ0) is 21.4. The molecule has 9 nitrogen and oxygen atoms in total. The van der Waals surface area contributed by atoms with Gasteiger partial charge in [-0.05, 0) is 37.3 Å². The SMILES string of the molecule is COc1ccc(-n2nc3c(c2NC(=O)c2cccc([N+](=O)[O-])c2C)CS(=O)C3)cc1. The average Bonchev–Trinajstić information content (AvgIpc) is 3.24. The molecule has 0 spiro atoms. The number of ether oxygens (including phenoxy) is 1. The topological polar surface area (TPSA) is 116 Å². The van der Waals surface area contributed by atoms with Gasteiger partial charge in [0.05, 0.1) is 34.9 Å². The summed E-state index contributed by atoms with van der Waals surface area (Å²) in [6, 6.07) is 11.5. The van der Waals surface area contributed by atoms with E-state index in [1.165, 1.54) is 25.1 Å². The molecular weight excluding hydrogens is 408 g/mol. The zero-order valence-corrected chi connectivity index (χ0v) is 17.1. The van der Waals surface area contributed by atoms with E-state index in [1.54, 1.807) is 36.1 Å². The van der Waals surface area contributed by atoms with Gasteiger partial charge in [0, 0.05) is 33.6 Å². The van der Waals surface area contributed by atoms with E-state index in [2.05, 4.69) is 10.4 Å². The second-order valence-corrected chi connectivity index (χ2v) is 8.23. The van der Waals surface area contributed by atoms with E-state index in [4.69, 9.17) is 4.74 Å². The van der Waals surface area contributed by atoms with Gasteiger partial charge in [-0.3, -0.25) is 19.1 Å². The van der Waals surface area contributed by atoms with Crippen molar-refractivity contribution in [2.45, 2.75) is 18.4 Å². The lowest BCUT2D eigenvalue weighted by molar-refractivity contribution is -0.385. The fourth-order valence-corrected chi connectivity index (χ4v) is 4.67. The Hall–Kier alpha value is -3.53. The summed E-state index contributed by atoms with van der Waals surface area (Å²) < 4.78 is 18.8. The number of nitrogens with one attached hydrogen (secondary N) is 1. The van der Waals surface area contributed by atoms with Gasteiger partial charge in [0.25, 0.3) is 11.6 Å². The highest BCUT2D eigenvalue weighted by Gasteiger charge is 2.29. The highest BCUT2D eigenvalue weighted by atomic mass is 32.2. The molecule has 30 heavy (non-hydrogen) atoms. The smallest absolute Gasteiger partial charge is 0.273 e. The highest BCUT2D eigenvalue weighted by molar-refractivity contribution is 7.83. The van der Waals surface area contributed by atoms with Gasteiger partial charge >= 0.3 is 0 Å². The highest BCUT2D eigenvalue weighted by Crippen LogP contribution is 2.32. The average molecular weight is 426 g/mol. The molecule has 4 rings (SSSR count). The number of amides is 1. The number of fused-ring (bicyclic) bond motifs is 1. The van der Waals surface area contributed by atoms with E-state index in [-0.39, 0.29) is 22.6 Å². The first-order valence-electron chi connectivity index (χ1n) is 9.04. The van der Waals surface area contributed by atoms with Gasteiger partial charge in [-0.15, -0.1) is 0 Å². The van der Waals surface area contributed by atoms with Crippen LogP contribution in [0.5, 0.6) is 5.75 Å². The van der Waals surface area contributed by atoms with Crippen LogP contribution in [0, 0.1) is 17.0 Å². The molecule has 1 amide bonds. The Morgan fingerprint density at radius 1 is 1.23 bits per heavy atom. The number of anilines is 1. The Morgan fingerprint density at radius 2 is 1.97 bits per heavy atom. The summed E-state index contributed by atoms with van der Waals surface area (Å²) in [6.07, 6.45) is 0. The number of aromatic nitrogens is 2. The Morgan fingerprint density at radius 3 is 2.63 bits per heavy atom. The molecule has 1 atom stereocenters. The maximum absolute atomic E-state index is 13.0. The fourth-order valence-electron chi connectivity index (χ4n) is 3.41.